The molecule has 19 heteroatoms. The van der Waals surface area contributed by atoms with E-state index in [9.17, 15) is 28.8 Å². The number of urea groups is 1. The minimum atomic E-state index is -0.864. The molecular formula is C46H62N12O7. The van der Waals surface area contributed by atoms with E-state index in [1.807, 2.05) is 39.8 Å². The van der Waals surface area contributed by atoms with Gasteiger partial charge in [0.2, 0.25) is 17.8 Å². The molecule has 2 fully saturated rings. The SMILES string of the molecule is CC(=O)c1c(C)c2cnc(Nc3ccc(N4CCN(C(=O)OCc5ccc(NC(=O)[C@H](CCCNC(N)=O)NC(=O)[C@@H](NC(C)C)C(C)C)cc5)CC4)cn3)nc2n(C2CCCC2)c1=O. The lowest BCUT2D eigenvalue weighted by Gasteiger charge is -2.35. The summed E-state index contributed by atoms with van der Waals surface area (Å²) in [6.45, 7) is 13.3. The number of aromatic nitrogens is 4. The fourth-order valence-electron chi connectivity index (χ4n) is 8.35. The quantitative estimate of drug-likeness (QED) is 0.0575. The van der Waals surface area contributed by atoms with Crippen LogP contribution in [0.15, 0.2) is 53.6 Å². The molecule has 1 saturated carbocycles. The summed E-state index contributed by atoms with van der Waals surface area (Å²) in [5.41, 5.74) is 8.27. The number of amides is 5. The Morgan fingerprint density at radius 2 is 1.62 bits per heavy atom. The smallest absolute Gasteiger partial charge is 0.410 e. The van der Waals surface area contributed by atoms with Gasteiger partial charge < -0.3 is 46.9 Å². The van der Waals surface area contributed by atoms with Crippen molar-refractivity contribution in [2.45, 2.75) is 111 Å². The predicted octanol–water partition coefficient (Wildman–Crippen LogP) is 4.91. The second-order valence-electron chi connectivity index (χ2n) is 17.4. The molecular weight excluding hydrogens is 833 g/mol. The van der Waals surface area contributed by atoms with Crippen molar-refractivity contribution >= 4 is 63.9 Å². The van der Waals surface area contributed by atoms with Gasteiger partial charge in [-0.15, -0.1) is 0 Å². The number of carbonyl (C=O) groups is 5. The van der Waals surface area contributed by atoms with Crippen molar-refractivity contribution in [2.75, 3.05) is 48.3 Å². The van der Waals surface area contributed by atoms with Gasteiger partial charge in [0.1, 0.15) is 24.1 Å². The number of piperazine rings is 1. The van der Waals surface area contributed by atoms with E-state index in [0.29, 0.717) is 66.7 Å². The van der Waals surface area contributed by atoms with Gasteiger partial charge in [0, 0.05) is 62.1 Å². The van der Waals surface area contributed by atoms with Crippen LogP contribution in [-0.2, 0) is 20.9 Å². The number of benzene rings is 1. The first kappa shape index (κ1) is 47.8. The van der Waals surface area contributed by atoms with Crippen LogP contribution < -0.4 is 42.8 Å². The lowest BCUT2D eigenvalue weighted by molar-refractivity contribution is -0.129. The van der Waals surface area contributed by atoms with E-state index in [4.69, 9.17) is 15.5 Å². The molecule has 1 aromatic carbocycles. The molecule has 1 aliphatic carbocycles. The van der Waals surface area contributed by atoms with Gasteiger partial charge in [0.25, 0.3) is 5.56 Å². The first-order valence-corrected chi connectivity index (χ1v) is 22.4. The predicted molar refractivity (Wildman–Crippen MR) is 248 cm³/mol. The van der Waals surface area contributed by atoms with Crippen molar-refractivity contribution in [1.82, 2.24) is 40.4 Å². The number of hydrogen-bond donors (Lipinski definition) is 6. The number of fused-ring (bicyclic) bond motifs is 1. The van der Waals surface area contributed by atoms with Crippen molar-refractivity contribution in [3.63, 3.8) is 0 Å². The van der Waals surface area contributed by atoms with Gasteiger partial charge >= 0.3 is 12.1 Å². The first-order chi connectivity index (χ1) is 31.1. The molecule has 7 N–H and O–H groups in total. The number of primary amides is 1. The van der Waals surface area contributed by atoms with Crippen molar-refractivity contribution in [1.29, 1.82) is 0 Å². The van der Waals surface area contributed by atoms with Crippen LogP contribution in [0.4, 0.5) is 32.7 Å². The topological polar surface area (TPSA) is 248 Å². The number of pyridine rings is 2. The molecule has 0 bridgehead atoms. The molecule has 0 unspecified atom stereocenters. The Kier molecular flexibility index (Phi) is 16.1. The number of anilines is 4. The Balaban J connectivity index is 0.988. The second-order valence-corrected chi connectivity index (χ2v) is 17.4. The number of nitrogens with one attached hydrogen (secondary N) is 5. The minimum Gasteiger partial charge on any atom is -0.445 e. The van der Waals surface area contributed by atoms with E-state index in [1.54, 1.807) is 53.0 Å². The van der Waals surface area contributed by atoms with Crippen LogP contribution in [0.2, 0.25) is 0 Å². The van der Waals surface area contributed by atoms with Crippen LogP contribution in [-0.4, -0.2) is 105 Å². The molecule has 19 nitrogen and oxygen atoms in total. The Labute approximate surface area is 378 Å². The summed E-state index contributed by atoms with van der Waals surface area (Å²) in [5, 5.41) is 15.3. The van der Waals surface area contributed by atoms with Gasteiger partial charge in [0.05, 0.1) is 23.5 Å². The monoisotopic (exact) mass is 894 g/mol. The Hall–Kier alpha value is -6.63. The summed E-state index contributed by atoms with van der Waals surface area (Å²) in [4.78, 5) is 94.6. The molecule has 1 aliphatic heterocycles. The number of nitrogens with zero attached hydrogens (tertiary/aromatic N) is 6. The average molecular weight is 895 g/mol. The number of carbonyl (C=O) groups excluding carboxylic acids is 5. The van der Waals surface area contributed by atoms with E-state index >= 15 is 0 Å². The highest BCUT2D eigenvalue weighted by Gasteiger charge is 2.29. The van der Waals surface area contributed by atoms with Gasteiger partial charge in [-0.3, -0.25) is 23.7 Å². The van der Waals surface area contributed by atoms with Crippen LogP contribution in [0.5, 0.6) is 0 Å². The van der Waals surface area contributed by atoms with Gasteiger partial charge in [-0.2, -0.15) is 4.98 Å². The Morgan fingerprint density at radius 1 is 0.908 bits per heavy atom. The summed E-state index contributed by atoms with van der Waals surface area (Å²) >= 11 is 0. The highest BCUT2D eigenvalue weighted by molar-refractivity contribution is 6.00. The Bertz CT molecular complexity index is 2390. The number of rotatable bonds is 18. The maximum absolute atomic E-state index is 13.6. The molecule has 2 atom stereocenters. The van der Waals surface area contributed by atoms with E-state index in [1.165, 1.54) is 6.92 Å². The second kappa shape index (κ2) is 21.8. The van der Waals surface area contributed by atoms with Crippen LogP contribution in [0.25, 0.3) is 11.0 Å². The fourth-order valence-corrected chi connectivity index (χ4v) is 8.35. The van der Waals surface area contributed by atoms with Crippen LogP contribution in [0.1, 0.15) is 101 Å². The zero-order valence-corrected chi connectivity index (χ0v) is 38.1. The molecule has 3 aromatic heterocycles. The fraction of sp³-hybridized carbons (Fsp3) is 0.500. The molecule has 4 heterocycles. The highest BCUT2D eigenvalue weighted by Crippen LogP contribution is 2.32. The molecule has 0 spiro atoms. The number of nitrogens with two attached hydrogens (primary N) is 1. The summed E-state index contributed by atoms with van der Waals surface area (Å²) in [7, 11) is 0. The van der Waals surface area contributed by atoms with E-state index in [0.717, 1.165) is 36.9 Å². The summed E-state index contributed by atoms with van der Waals surface area (Å²) in [6, 6.07) is 8.68. The lowest BCUT2D eigenvalue weighted by atomic mass is 10.0. The molecule has 348 valence electrons. The maximum Gasteiger partial charge on any atom is 0.410 e. The summed E-state index contributed by atoms with van der Waals surface area (Å²) < 4.78 is 7.32. The zero-order chi connectivity index (χ0) is 46.8. The summed E-state index contributed by atoms with van der Waals surface area (Å²) in [5.74, 6) is -0.172. The van der Waals surface area contributed by atoms with Crippen molar-refractivity contribution in [3.8, 4) is 0 Å². The first-order valence-electron chi connectivity index (χ1n) is 22.4. The highest BCUT2D eigenvalue weighted by atomic mass is 16.6. The number of Topliss-reactive ketones (excluding diaryl/α,β-unsaturated/α-hetero) is 1. The third-order valence-corrected chi connectivity index (χ3v) is 11.8. The normalized spacial score (nSPS) is 15.2. The molecule has 2 aliphatic rings. The third kappa shape index (κ3) is 12.3. The van der Waals surface area contributed by atoms with Crippen molar-refractivity contribution in [3.05, 3.63) is 75.8 Å². The number of ether oxygens (including phenoxy) is 1. The van der Waals surface area contributed by atoms with E-state index < -0.39 is 30.1 Å². The molecule has 65 heavy (non-hydrogen) atoms. The summed E-state index contributed by atoms with van der Waals surface area (Å²) in [6.07, 6.45) is 7.39. The van der Waals surface area contributed by atoms with Crippen LogP contribution in [0.3, 0.4) is 0 Å². The standard InChI is InChI=1S/C46H62N12O7/c1-27(2)39(51-28(3)4)42(61)53-36(12-9-19-48-44(47)63)41(60)52-32-15-13-31(14-16-32)26-65-46(64)57-22-20-56(21-23-57)34-17-18-37(49-24-34)54-45-50-25-35-29(5)38(30(6)59)43(62)58(40(35)55-45)33-10-7-8-11-33/h13-18,24-25,27-28,33,36,39,51H,7-12,19-23,26H2,1-6H3,(H,52,60)(H,53,61)(H3,47,48,63)(H,49,50,54,55)/t36-,39-/m0/s1. The van der Waals surface area contributed by atoms with Crippen molar-refractivity contribution < 1.29 is 28.7 Å². The van der Waals surface area contributed by atoms with Gasteiger partial charge in [-0.1, -0.05) is 52.7 Å². The van der Waals surface area contributed by atoms with Crippen molar-refractivity contribution in [2.24, 2.45) is 11.7 Å². The number of aryl methyl sites for hydroxylation is 1. The largest absolute Gasteiger partial charge is 0.445 e. The number of ketones is 1. The zero-order valence-electron chi connectivity index (χ0n) is 38.1. The number of hydrogen-bond acceptors (Lipinski definition) is 13. The third-order valence-electron chi connectivity index (χ3n) is 11.8. The Morgan fingerprint density at radius 3 is 2.23 bits per heavy atom. The molecule has 5 amide bonds. The van der Waals surface area contributed by atoms with Gasteiger partial charge in [0.15, 0.2) is 5.78 Å². The lowest BCUT2D eigenvalue weighted by Crippen LogP contribution is -2.54. The van der Waals surface area contributed by atoms with E-state index in [2.05, 4.69) is 41.5 Å². The van der Waals surface area contributed by atoms with Gasteiger partial charge in [-0.25, -0.2) is 19.6 Å². The van der Waals surface area contributed by atoms with E-state index in [-0.39, 0.29) is 60.4 Å². The molecule has 6 rings (SSSR count). The van der Waals surface area contributed by atoms with Crippen LogP contribution >= 0.6 is 0 Å². The molecule has 4 aromatic rings. The molecule has 0 radical (unpaired) electrons. The minimum absolute atomic E-state index is 0.0168. The average Bonchev–Trinajstić information content (AvgIpc) is 3.81. The molecule has 1 saturated heterocycles. The maximum atomic E-state index is 13.6. The van der Waals surface area contributed by atoms with Crippen LogP contribution in [0, 0.1) is 12.8 Å². The van der Waals surface area contributed by atoms with Gasteiger partial charge in [-0.05, 0) is 80.8 Å².